The number of halogens is 3. The van der Waals surface area contributed by atoms with Crippen LogP contribution in [0.15, 0.2) is 30.3 Å². The molecule has 0 spiro atoms. The molecule has 2 rings (SSSR count). The number of primary amides is 1. The summed E-state index contributed by atoms with van der Waals surface area (Å²) in [4.78, 5) is 21.8. The van der Waals surface area contributed by atoms with Gasteiger partial charge in [0.25, 0.3) is 5.91 Å². The average molecular weight is 338 g/mol. The van der Waals surface area contributed by atoms with E-state index in [9.17, 15) is 18.0 Å². The van der Waals surface area contributed by atoms with Gasteiger partial charge in [-0.2, -0.15) is 13.2 Å². The Morgan fingerprint density at radius 1 is 1.12 bits per heavy atom. The van der Waals surface area contributed by atoms with Gasteiger partial charge in [0.1, 0.15) is 5.69 Å². The number of anilines is 1. The Bertz CT molecular complexity index is 725. The van der Waals surface area contributed by atoms with Gasteiger partial charge in [0.15, 0.2) is 0 Å². The molecular weight excluding hydrogens is 321 g/mol. The number of aromatic nitrogens is 2. The first-order valence-electron chi connectivity index (χ1n) is 7.37. The zero-order chi connectivity index (χ0) is 17.9. The topological polar surface area (TPSA) is 72.1 Å². The lowest BCUT2D eigenvalue weighted by Crippen LogP contribution is -2.26. The fourth-order valence-corrected chi connectivity index (χ4v) is 2.19. The Morgan fingerprint density at radius 3 is 2.17 bits per heavy atom. The third-order valence-corrected chi connectivity index (χ3v) is 3.52. The first-order chi connectivity index (χ1) is 11.3. The number of rotatable bonds is 5. The summed E-state index contributed by atoms with van der Waals surface area (Å²) in [6.07, 6.45) is -4.41. The summed E-state index contributed by atoms with van der Waals surface area (Å²) < 4.78 is 38.0. The van der Waals surface area contributed by atoms with Crippen molar-refractivity contribution in [1.29, 1.82) is 0 Å². The molecule has 0 aliphatic rings. The van der Waals surface area contributed by atoms with Crippen molar-refractivity contribution in [2.24, 2.45) is 5.73 Å². The van der Waals surface area contributed by atoms with E-state index in [2.05, 4.69) is 9.97 Å². The quantitative estimate of drug-likeness (QED) is 0.909. The highest BCUT2D eigenvalue weighted by Gasteiger charge is 2.30. The summed E-state index contributed by atoms with van der Waals surface area (Å²) in [6.45, 7) is 5.04. The van der Waals surface area contributed by atoms with Gasteiger partial charge in [-0.05, 0) is 32.0 Å². The minimum Gasteiger partial charge on any atom is -0.364 e. The van der Waals surface area contributed by atoms with Crippen molar-refractivity contribution >= 4 is 11.9 Å². The SMILES string of the molecule is CCN(CC)c1nc(C(N)=O)cc(-c2ccc(C(F)(F)F)cc2)n1. The summed E-state index contributed by atoms with van der Waals surface area (Å²) in [5.41, 5.74) is 5.35. The second-order valence-electron chi connectivity index (χ2n) is 5.05. The van der Waals surface area contributed by atoms with E-state index in [1.54, 1.807) is 0 Å². The number of alkyl halides is 3. The number of nitrogens with zero attached hydrogens (tertiary/aromatic N) is 3. The monoisotopic (exact) mass is 338 g/mol. The van der Waals surface area contributed by atoms with Crippen LogP contribution in [0, 0.1) is 0 Å². The summed E-state index contributed by atoms with van der Waals surface area (Å²) in [5, 5.41) is 0. The zero-order valence-corrected chi connectivity index (χ0v) is 13.3. The number of nitrogens with two attached hydrogens (primary N) is 1. The molecule has 8 heteroatoms. The molecular formula is C16H17F3N4O. The lowest BCUT2D eigenvalue weighted by molar-refractivity contribution is -0.137. The van der Waals surface area contributed by atoms with Crippen LogP contribution in [-0.4, -0.2) is 29.0 Å². The van der Waals surface area contributed by atoms with Crippen molar-refractivity contribution < 1.29 is 18.0 Å². The van der Waals surface area contributed by atoms with Gasteiger partial charge in [0.2, 0.25) is 5.95 Å². The first kappa shape index (κ1) is 17.7. The van der Waals surface area contributed by atoms with E-state index in [0.29, 0.717) is 30.3 Å². The second-order valence-corrected chi connectivity index (χ2v) is 5.05. The van der Waals surface area contributed by atoms with E-state index in [-0.39, 0.29) is 5.69 Å². The molecule has 128 valence electrons. The molecule has 2 aromatic rings. The van der Waals surface area contributed by atoms with Crippen LogP contribution in [0.4, 0.5) is 19.1 Å². The molecule has 0 aliphatic heterocycles. The fourth-order valence-electron chi connectivity index (χ4n) is 2.19. The van der Waals surface area contributed by atoms with Crippen LogP contribution in [0.1, 0.15) is 29.9 Å². The Labute approximate surface area is 137 Å². The molecule has 1 aromatic heterocycles. The average Bonchev–Trinajstić information content (AvgIpc) is 2.55. The van der Waals surface area contributed by atoms with Crippen molar-refractivity contribution in [2.45, 2.75) is 20.0 Å². The molecule has 1 aromatic carbocycles. The number of amides is 1. The van der Waals surface area contributed by atoms with E-state index in [1.807, 2.05) is 18.7 Å². The molecule has 2 N–H and O–H groups in total. The highest BCUT2D eigenvalue weighted by Crippen LogP contribution is 2.31. The van der Waals surface area contributed by atoms with E-state index in [1.165, 1.54) is 18.2 Å². The van der Waals surface area contributed by atoms with E-state index in [4.69, 9.17) is 5.73 Å². The molecule has 0 saturated carbocycles. The molecule has 1 amide bonds. The van der Waals surface area contributed by atoms with Gasteiger partial charge in [0, 0.05) is 18.7 Å². The van der Waals surface area contributed by atoms with Crippen LogP contribution in [0.2, 0.25) is 0 Å². The van der Waals surface area contributed by atoms with Crippen LogP contribution in [0.3, 0.4) is 0 Å². The number of carbonyl (C=O) groups excluding carboxylic acids is 1. The van der Waals surface area contributed by atoms with Gasteiger partial charge in [0.05, 0.1) is 11.3 Å². The van der Waals surface area contributed by atoms with Crippen LogP contribution in [0.25, 0.3) is 11.3 Å². The Balaban J connectivity index is 2.50. The predicted molar refractivity (Wildman–Crippen MR) is 84.5 cm³/mol. The summed E-state index contributed by atoms with van der Waals surface area (Å²) in [6, 6.07) is 5.93. The predicted octanol–water partition coefficient (Wildman–Crippen LogP) is 3.11. The van der Waals surface area contributed by atoms with E-state index < -0.39 is 17.6 Å². The van der Waals surface area contributed by atoms with E-state index >= 15 is 0 Å². The van der Waals surface area contributed by atoms with Crippen molar-refractivity contribution in [3.05, 3.63) is 41.6 Å². The second kappa shape index (κ2) is 6.86. The number of hydrogen-bond donors (Lipinski definition) is 1. The zero-order valence-electron chi connectivity index (χ0n) is 13.3. The maximum atomic E-state index is 12.7. The molecule has 0 radical (unpaired) electrons. The lowest BCUT2D eigenvalue weighted by atomic mass is 10.1. The normalized spacial score (nSPS) is 11.4. The van der Waals surface area contributed by atoms with Gasteiger partial charge >= 0.3 is 6.18 Å². The van der Waals surface area contributed by atoms with Crippen molar-refractivity contribution in [3.63, 3.8) is 0 Å². The van der Waals surface area contributed by atoms with Gasteiger partial charge in [-0.25, -0.2) is 9.97 Å². The van der Waals surface area contributed by atoms with Crippen LogP contribution in [0.5, 0.6) is 0 Å². The van der Waals surface area contributed by atoms with Gasteiger partial charge in [-0.1, -0.05) is 12.1 Å². The molecule has 0 unspecified atom stereocenters. The van der Waals surface area contributed by atoms with Crippen LogP contribution in [-0.2, 0) is 6.18 Å². The largest absolute Gasteiger partial charge is 0.416 e. The minimum absolute atomic E-state index is 0.0156. The lowest BCUT2D eigenvalue weighted by Gasteiger charge is -2.19. The van der Waals surface area contributed by atoms with Gasteiger partial charge in [-0.3, -0.25) is 4.79 Å². The Hall–Kier alpha value is -2.64. The third kappa shape index (κ3) is 3.81. The smallest absolute Gasteiger partial charge is 0.364 e. The summed E-state index contributed by atoms with van der Waals surface area (Å²) in [7, 11) is 0. The van der Waals surface area contributed by atoms with E-state index in [0.717, 1.165) is 12.1 Å². The Kier molecular flexibility index (Phi) is 5.06. The molecule has 0 fully saturated rings. The molecule has 0 aliphatic carbocycles. The molecule has 0 atom stereocenters. The third-order valence-electron chi connectivity index (χ3n) is 3.52. The molecule has 0 bridgehead atoms. The standard InChI is InChI=1S/C16H17F3N4O/c1-3-23(4-2)15-21-12(9-13(22-15)14(20)24)10-5-7-11(8-6-10)16(17,18)19/h5-9H,3-4H2,1-2H3,(H2,20,24). The molecule has 5 nitrogen and oxygen atoms in total. The summed E-state index contributed by atoms with van der Waals surface area (Å²) >= 11 is 0. The van der Waals surface area contributed by atoms with Crippen LogP contribution < -0.4 is 10.6 Å². The number of carbonyl (C=O) groups is 1. The summed E-state index contributed by atoms with van der Waals surface area (Å²) in [5.74, 6) is -0.412. The first-order valence-corrected chi connectivity index (χ1v) is 7.37. The maximum absolute atomic E-state index is 12.7. The highest BCUT2D eigenvalue weighted by molar-refractivity contribution is 5.92. The van der Waals surface area contributed by atoms with Crippen molar-refractivity contribution in [2.75, 3.05) is 18.0 Å². The molecule has 0 saturated heterocycles. The minimum atomic E-state index is -4.41. The molecule has 1 heterocycles. The van der Waals surface area contributed by atoms with Gasteiger partial charge in [-0.15, -0.1) is 0 Å². The van der Waals surface area contributed by atoms with Crippen molar-refractivity contribution in [1.82, 2.24) is 9.97 Å². The number of hydrogen-bond acceptors (Lipinski definition) is 4. The number of benzene rings is 1. The highest BCUT2D eigenvalue weighted by atomic mass is 19.4. The van der Waals surface area contributed by atoms with Gasteiger partial charge < -0.3 is 10.6 Å². The van der Waals surface area contributed by atoms with Crippen molar-refractivity contribution in [3.8, 4) is 11.3 Å². The Morgan fingerprint density at radius 2 is 1.71 bits per heavy atom. The molecule has 24 heavy (non-hydrogen) atoms. The fraction of sp³-hybridized carbons (Fsp3) is 0.312. The maximum Gasteiger partial charge on any atom is 0.416 e. The van der Waals surface area contributed by atoms with Crippen LogP contribution >= 0.6 is 0 Å².